The molecule has 3 aliphatic heterocycles. The van der Waals surface area contributed by atoms with Crippen molar-refractivity contribution in [3.8, 4) is 0 Å². The number of carbonyl (C=O) groups is 2. The maximum absolute atomic E-state index is 13.1. The van der Waals surface area contributed by atoms with Gasteiger partial charge in [-0.25, -0.2) is 4.79 Å². The number of aliphatic hydroxyl groups excluding tert-OH is 3. The standard InChI is InChI=1S/C29H40O10/c1-16-9-23-28(12-19(16)31)14-36-26(34)10-17(2)20(32)13-35-21(18(3)30)7-5-6-8-25(33)39-22-11-24(38-23)29(15-37-29)27(22,28)4/h5-9,17-24,30-32H,10-15H2,1-4H3/b7-5+,8-6-/t17-,18-,19+,20-,21+,22+,23+,24+,27+,28-,29-/m0/s1. The molecule has 0 radical (unpaired) electrons. The van der Waals surface area contributed by atoms with Gasteiger partial charge in [-0.05, 0) is 31.8 Å². The summed E-state index contributed by atoms with van der Waals surface area (Å²) in [5.41, 5.74) is -1.66. The second-order valence-corrected chi connectivity index (χ2v) is 12.1. The van der Waals surface area contributed by atoms with Gasteiger partial charge in [0.05, 0.1) is 55.6 Å². The largest absolute Gasteiger partial charge is 0.465 e. The zero-order valence-corrected chi connectivity index (χ0v) is 22.9. The summed E-state index contributed by atoms with van der Waals surface area (Å²) in [6.07, 6.45) is 3.77. The van der Waals surface area contributed by atoms with Gasteiger partial charge in [-0.2, -0.15) is 0 Å². The molecule has 0 aromatic heterocycles. The van der Waals surface area contributed by atoms with E-state index in [4.69, 9.17) is 23.7 Å². The van der Waals surface area contributed by atoms with Gasteiger partial charge in [0.2, 0.25) is 0 Å². The molecule has 0 unspecified atom stereocenters. The van der Waals surface area contributed by atoms with E-state index in [-0.39, 0.29) is 32.2 Å². The highest BCUT2D eigenvalue weighted by atomic mass is 16.6. The monoisotopic (exact) mass is 548 g/mol. The summed E-state index contributed by atoms with van der Waals surface area (Å²) in [6, 6.07) is 0. The van der Waals surface area contributed by atoms with Gasteiger partial charge in [0.15, 0.2) is 0 Å². The fourth-order valence-electron chi connectivity index (χ4n) is 7.02. The molecule has 3 N–H and O–H groups in total. The van der Waals surface area contributed by atoms with Crippen molar-refractivity contribution in [3.63, 3.8) is 0 Å². The van der Waals surface area contributed by atoms with Crippen molar-refractivity contribution in [3.05, 3.63) is 36.0 Å². The minimum Gasteiger partial charge on any atom is -0.465 e. The predicted octanol–water partition coefficient (Wildman–Crippen LogP) is 1.36. The highest BCUT2D eigenvalue weighted by molar-refractivity contribution is 5.82. The first-order chi connectivity index (χ1) is 18.4. The van der Waals surface area contributed by atoms with Crippen LogP contribution in [-0.2, 0) is 33.3 Å². The van der Waals surface area contributed by atoms with Crippen LogP contribution in [0.25, 0.3) is 0 Å². The molecule has 3 fully saturated rings. The molecular formula is C29H40O10. The smallest absolute Gasteiger partial charge is 0.331 e. The molecule has 2 spiro atoms. The molecule has 3 heterocycles. The van der Waals surface area contributed by atoms with Crippen LogP contribution in [0.4, 0.5) is 0 Å². The lowest BCUT2D eigenvalue weighted by Crippen LogP contribution is -2.68. The summed E-state index contributed by atoms with van der Waals surface area (Å²) in [5.74, 6) is -1.53. The number of hydrogen-bond acceptors (Lipinski definition) is 10. The molecule has 216 valence electrons. The summed E-state index contributed by atoms with van der Waals surface area (Å²) in [6.45, 7) is 7.40. The van der Waals surface area contributed by atoms with E-state index in [1.54, 1.807) is 26.0 Å². The Bertz CT molecular complexity index is 1060. The van der Waals surface area contributed by atoms with Crippen molar-refractivity contribution >= 4 is 11.9 Å². The van der Waals surface area contributed by atoms with E-state index in [2.05, 4.69) is 0 Å². The van der Waals surface area contributed by atoms with E-state index in [9.17, 15) is 24.9 Å². The van der Waals surface area contributed by atoms with E-state index >= 15 is 0 Å². The Morgan fingerprint density at radius 1 is 1.13 bits per heavy atom. The van der Waals surface area contributed by atoms with Crippen molar-refractivity contribution in [2.75, 3.05) is 19.8 Å². The Balaban J connectivity index is 1.52. The number of allylic oxidation sites excluding steroid dienone is 2. The molecule has 5 rings (SSSR count). The Morgan fingerprint density at radius 3 is 2.56 bits per heavy atom. The molecule has 11 atom stereocenters. The van der Waals surface area contributed by atoms with Crippen molar-refractivity contribution in [1.29, 1.82) is 0 Å². The van der Waals surface area contributed by atoms with Gasteiger partial charge in [-0.3, -0.25) is 4.79 Å². The van der Waals surface area contributed by atoms with Gasteiger partial charge in [-0.1, -0.05) is 38.2 Å². The topological polar surface area (TPSA) is 144 Å². The van der Waals surface area contributed by atoms with E-state index < -0.39 is 70.9 Å². The zero-order chi connectivity index (χ0) is 28.2. The van der Waals surface area contributed by atoms with Crippen LogP contribution in [0, 0.1) is 16.7 Å². The van der Waals surface area contributed by atoms with Crippen LogP contribution >= 0.6 is 0 Å². The van der Waals surface area contributed by atoms with Gasteiger partial charge >= 0.3 is 11.9 Å². The Hall–Kier alpha value is -2.08. The van der Waals surface area contributed by atoms with E-state index in [1.807, 2.05) is 19.9 Å². The molecule has 39 heavy (non-hydrogen) atoms. The average molecular weight is 549 g/mol. The molecule has 2 saturated heterocycles. The first-order valence-corrected chi connectivity index (χ1v) is 13.8. The van der Waals surface area contributed by atoms with Crippen molar-refractivity contribution < 1.29 is 48.6 Å². The molecular weight excluding hydrogens is 508 g/mol. The molecule has 2 bridgehead atoms. The van der Waals surface area contributed by atoms with Crippen LogP contribution in [0.5, 0.6) is 0 Å². The van der Waals surface area contributed by atoms with E-state index in [0.717, 1.165) is 5.57 Å². The lowest BCUT2D eigenvalue weighted by Gasteiger charge is -2.58. The Morgan fingerprint density at radius 2 is 1.87 bits per heavy atom. The highest BCUT2D eigenvalue weighted by Gasteiger charge is 2.83. The predicted molar refractivity (Wildman–Crippen MR) is 137 cm³/mol. The zero-order valence-electron chi connectivity index (χ0n) is 22.9. The first-order valence-electron chi connectivity index (χ1n) is 13.8. The second kappa shape index (κ2) is 10.4. The summed E-state index contributed by atoms with van der Waals surface area (Å²) in [5, 5.41) is 31.7. The SMILES string of the molecule is CC1=C[C@H]2O[C@@H]3C[C@H]4OC(=O)/C=C\C=C\[C@H]([C@H](C)O)OC[C@H](O)[C@@H](C)CC(=O)OC[C@]2(C[C@H]1O)[C@]4(C)[C@]31CO1. The summed E-state index contributed by atoms with van der Waals surface area (Å²) < 4.78 is 30.2. The van der Waals surface area contributed by atoms with Crippen LogP contribution in [0.2, 0.25) is 0 Å². The highest BCUT2D eigenvalue weighted by Crippen LogP contribution is 2.72. The molecule has 5 aliphatic rings. The number of esters is 2. The number of epoxide rings is 1. The van der Waals surface area contributed by atoms with Crippen molar-refractivity contribution in [2.45, 2.75) is 95.3 Å². The third-order valence-corrected chi connectivity index (χ3v) is 9.79. The minimum absolute atomic E-state index is 0.0547. The third kappa shape index (κ3) is 4.69. The fraction of sp³-hybridized carbons (Fsp3) is 0.724. The number of aliphatic hydroxyl groups is 3. The van der Waals surface area contributed by atoms with Crippen LogP contribution in [0.15, 0.2) is 36.0 Å². The molecule has 0 aromatic rings. The summed E-state index contributed by atoms with van der Waals surface area (Å²) in [4.78, 5) is 26.0. The first kappa shape index (κ1) is 28.4. The molecule has 10 heteroatoms. The van der Waals surface area contributed by atoms with Gasteiger partial charge in [0.1, 0.15) is 24.4 Å². The van der Waals surface area contributed by atoms with Crippen LogP contribution < -0.4 is 0 Å². The van der Waals surface area contributed by atoms with E-state index in [1.165, 1.54) is 12.2 Å². The lowest BCUT2D eigenvalue weighted by molar-refractivity contribution is -0.239. The summed E-state index contributed by atoms with van der Waals surface area (Å²) in [7, 11) is 0. The molecule has 1 saturated carbocycles. The van der Waals surface area contributed by atoms with Gasteiger partial charge in [0, 0.05) is 17.9 Å². The Kier molecular flexibility index (Phi) is 7.58. The van der Waals surface area contributed by atoms with Gasteiger partial charge < -0.3 is 39.0 Å². The van der Waals surface area contributed by atoms with Crippen molar-refractivity contribution in [1.82, 2.24) is 0 Å². The number of rotatable bonds is 1. The number of hydrogen-bond donors (Lipinski definition) is 3. The third-order valence-electron chi connectivity index (χ3n) is 9.79. The molecule has 10 nitrogen and oxygen atoms in total. The van der Waals surface area contributed by atoms with E-state index in [0.29, 0.717) is 13.0 Å². The maximum atomic E-state index is 13.1. The van der Waals surface area contributed by atoms with Crippen LogP contribution in [-0.4, -0.2) is 95.4 Å². The number of carbonyl (C=O) groups excluding carboxylic acids is 2. The quantitative estimate of drug-likeness (QED) is 0.250. The van der Waals surface area contributed by atoms with Crippen LogP contribution in [0.1, 0.15) is 47.0 Å². The number of cyclic esters (lactones) is 1. The van der Waals surface area contributed by atoms with Crippen molar-refractivity contribution in [2.24, 2.45) is 16.7 Å². The fourth-order valence-corrected chi connectivity index (χ4v) is 7.02. The van der Waals surface area contributed by atoms with Gasteiger partial charge in [-0.15, -0.1) is 0 Å². The summed E-state index contributed by atoms with van der Waals surface area (Å²) >= 11 is 0. The molecule has 0 amide bonds. The molecule has 0 aromatic carbocycles. The maximum Gasteiger partial charge on any atom is 0.331 e. The Labute approximate surface area is 228 Å². The lowest BCUT2D eigenvalue weighted by atomic mass is 9.51. The minimum atomic E-state index is -0.969. The van der Waals surface area contributed by atoms with Gasteiger partial charge in [0.25, 0.3) is 0 Å². The normalized spacial score (nSPS) is 49.0. The molecule has 2 aliphatic carbocycles. The second-order valence-electron chi connectivity index (χ2n) is 12.1. The van der Waals surface area contributed by atoms with Crippen LogP contribution in [0.3, 0.4) is 0 Å². The number of ether oxygens (including phenoxy) is 5. The average Bonchev–Trinajstić information content (AvgIpc) is 3.65.